The van der Waals surface area contributed by atoms with Gasteiger partial charge in [0.25, 0.3) is 0 Å². The van der Waals surface area contributed by atoms with Crippen LogP contribution in [0.4, 0.5) is 14.9 Å². The van der Waals surface area contributed by atoms with Gasteiger partial charge in [-0.15, -0.1) is 0 Å². The van der Waals surface area contributed by atoms with E-state index < -0.39 is 22.4 Å². The van der Waals surface area contributed by atoms with Gasteiger partial charge in [-0.25, -0.2) is 9.18 Å². The number of aryl methyl sites for hydroxylation is 1. The maximum atomic E-state index is 13.0. The van der Waals surface area contributed by atoms with E-state index in [9.17, 15) is 19.3 Å². The number of carbonyl (C=O) groups is 1. The number of nitrogens with two attached hydrogens (primary N) is 1. The van der Waals surface area contributed by atoms with E-state index in [1.807, 2.05) is 0 Å². The lowest BCUT2D eigenvalue weighted by atomic mass is 10.2. The summed E-state index contributed by atoms with van der Waals surface area (Å²) in [6, 6.07) is 8.49. The molecule has 2 aromatic rings. The van der Waals surface area contributed by atoms with E-state index in [0.29, 0.717) is 5.56 Å². The van der Waals surface area contributed by atoms with E-state index in [-0.39, 0.29) is 22.2 Å². The second-order valence-corrected chi connectivity index (χ2v) is 6.80. The minimum Gasteiger partial charge on any atom is -0.450 e. The molecular weight excluding hydrogens is 379 g/mol. The van der Waals surface area contributed by atoms with Gasteiger partial charge in [0.1, 0.15) is 17.2 Å². The van der Waals surface area contributed by atoms with Gasteiger partial charge < -0.3 is 15.2 Å². The molecule has 0 heterocycles. The van der Waals surface area contributed by atoms with Crippen molar-refractivity contribution in [3.8, 4) is 11.5 Å². The highest BCUT2D eigenvalue weighted by Crippen LogP contribution is 2.34. The zero-order chi connectivity index (χ0) is 20.8. The lowest BCUT2D eigenvalue weighted by molar-refractivity contribution is -0.386. The molecule has 0 bridgehead atoms. The zero-order valence-corrected chi connectivity index (χ0v) is 16.0. The molecule has 0 radical (unpaired) electrons. The average Bonchev–Trinajstić information content (AvgIpc) is 2.49. The first-order valence-electron chi connectivity index (χ1n) is 7.76. The first-order valence-corrected chi connectivity index (χ1v) is 8.14. The molecule has 0 aliphatic rings. The second-order valence-electron chi connectivity index (χ2n) is 6.39. The van der Waals surface area contributed by atoms with Gasteiger partial charge in [-0.3, -0.25) is 10.1 Å². The van der Waals surface area contributed by atoms with Crippen LogP contribution in [0.5, 0.6) is 11.5 Å². The smallest absolute Gasteiger partial charge is 0.405 e. The quantitative estimate of drug-likeness (QED) is 0.552. The Kier molecular flexibility index (Phi) is 7.54. The van der Waals surface area contributed by atoms with E-state index in [1.54, 1.807) is 39.8 Å². The third-order valence-electron chi connectivity index (χ3n) is 2.91. The molecule has 0 spiro atoms. The van der Waals surface area contributed by atoms with E-state index >= 15 is 0 Å². The number of nitrogens with zero attached hydrogens (tertiary/aromatic N) is 1. The normalized spacial score (nSPS) is 10.4. The van der Waals surface area contributed by atoms with Gasteiger partial charge in [0, 0.05) is 11.6 Å². The molecular formula is C18H20ClFN2O5. The number of nitro groups is 1. The Hall–Kier alpha value is -2.87. The number of carbonyl (C=O) groups excluding carboxylic acids is 1. The number of amides is 1. The summed E-state index contributed by atoms with van der Waals surface area (Å²) in [5.41, 5.74) is 4.62. The number of nitro benzene ring substituents is 1. The van der Waals surface area contributed by atoms with E-state index in [2.05, 4.69) is 4.74 Å². The van der Waals surface area contributed by atoms with E-state index in [4.69, 9.17) is 22.1 Å². The summed E-state index contributed by atoms with van der Waals surface area (Å²) in [7, 11) is 0. The van der Waals surface area contributed by atoms with Crippen molar-refractivity contribution in [1.29, 1.82) is 0 Å². The second kappa shape index (κ2) is 9.18. The lowest BCUT2D eigenvalue weighted by Gasteiger charge is -2.16. The number of rotatable bonds is 3. The van der Waals surface area contributed by atoms with Crippen LogP contribution in [0.3, 0.4) is 0 Å². The van der Waals surface area contributed by atoms with Gasteiger partial charge in [0.2, 0.25) is 5.75 Å². The van der Waals surface area contributed by atoms with Crippen molar-refractivity contribution < 1.29 is 23.6 Å². The molecule has 0 atom stereocenters. The highest BCUT2D eigenvalue weighted by molar-refractivity contribution is 6.30. The summed E-state index contributed by atoms with van der Waals surface area (Å²) in [6.07, 6.45) is -0.725. The maximum absolute atomic E-state index is 13.0. The van der Waals surface area contributed by atoms with Crippen LogP contribution >= 0.6 is 11.6 Å². The molecule has 1 amide bonds. The Morgan fingerprint density at radius 1 is 1.26 bits per heavy atom. The first kappa shape index (κ1) is 22.2. The molecule has 27 heavy (non-hydrogen) atoms. The van der Waals surface area contributed by atoms with Crippen LogP contribution in [-0.2, 0) is 4.74 Å². The molecule has 0 saturated heterocycles. The predicted octanol–water partition coefficient (Wildman–Crippen LogP) is 5.37. The molecule has 7 nitrogen and oxygen atoms in total. The van der Waals surface area contributed by atoms with Crippen molar-refractivity contribution in [2.75, 3.05) is 0 Å². The van der Waals surface area contributed by atoms with Gasteiger partial charge in [0.15, 0.2) is 0 Å². The van der Waals surface area contributed by atoms with Crippen molar-refractivity contribution in [3.05, 3.63) is 62.9 Å². The van der Waals surface area contributed by atoms with Crippen molar-refractivity contribution in [2.45, 2.75) is 33.3 Å². The number of hydrogen-bond acceptors (Lipinski definition) is 5. The molecule has 0 aliphatic heterocycles. The molecule has 2 rings (SSSR count). The molecule has 0 aliphatic carbocycles. The van der Waals surface area contributed by atoms with Crippen molar-refractivity contribution in [2.24, 2.45) is 5.73 Å². The molecule has 9 heteroatoms. The lowest BCUT2D eigenvalue weighted by Crippen LogP contribution is -2.27. The Morgan fingerprint density at radius 3 is 2.33 bits per heavy atom. The first-order chi connectivity index (χ1) is 12.4. The fraction of sp³-hybridized carbons (Fsp3) is 0.278. The summed E-state index contributed by atoms with van der Waals surface area (Å²) < 4.78 is 23.0. The van der Waals surface area contributed by atoms with Crippen LogP contribution in [-0.4, -0.2) is 16.6 Å². The molecule has 2 aromatic carbocycles. The van der Waals surface area contributed by atoms with E-state index in [0.717, 1.165) is 6.07 Å². The minimum atomic E-state index is -0.725. The van der Waals surface area contributed by atoms with Gasteiger partial charge in [-0.2, -0.15) is 0 Å². The molecule has 2 N–H and O–H groups in total. The van der Waals surface area contributed by atoms with Crippen LogP contribution in [0, 0.1) is 22.9 Å². The van der Waals surface area contributed by atoms with Crippen molar-refractivity contribution in [1.82, 2.24) is 0 Å². The van der Waals surface area contributed by atoms with Gasteiger partial charge in [-0.05, 0) is 45.9 Å². The molecule has 0 aromatic heterocycles. The number of para-hydroxylation sites is 1. The standard InChI is InChI=1S/C13H9ClFNO3.C5H11NO2/c1-8-3-2-4-12(13(8)16(17)18)19-9-5-6-11(15)10(14)7-9;1-5(2,3)8-4(6)7/h2-7H,1H3;1-3H3,(H2,6,7). The van der Waals surface area contributed by atoms with Gasteiger partial charge >= 0.3 is 11.8 Å². The highest BCUT2D eigenvalue weighted by Gasteiger charge is 2.19. The van der Waals surface area contributed by atoms with Crippen LogP contribution < -0.4 is 10.5 Å². The Balaban J connectivity index is 0.000000387. The summed E-state index contributed by atoms with van der Waals surface area (Å²) in [4.78, 5) is 20.5. The highest BCUT2D eigenvalue weighted by atomic mass is 35.5. The summed E-state index contributed by atoms with van der Waals surface area (Å²) in [5, 5.41) is 10.9. The Labute approximate surface area is 161 Å². The number of benzene rings is 2. The summed E-state index contributed by atoms with van der Waals surface area (Å²) in [5.74, 6) is -0.250. The number of primary amides is 1. The average molecular weight is 399 g/mol. The largest absolute Gasteiger partial charge is 0.450 e. The van der Waals surface area contributed by atoms with Crippen LogP contribution in [0.2, 0.25) is 5.02 Å². The van der Waals surface area contributed by atoms with E-state index in [1.165, 1.54) is 18.2 Å². The minimum absolute atomic E-state index is 0.0904. The third kappa shape index (κ3) is 7.49. The molecule has 0 saturated carbocycles. The van der Waals surface area contributed by atoms with Gasteiger partial charge in [0.05, 0.1) is 9.95 Å². The van der Waals surface area contributed by atoms with Crippen LogP contribution in [0.15, 0.2) is 36.4 Å². The fourth-order valence-electron chi connectivity index (χ4n) is 1.92. The topological polar surface area (TPSA) is 105 Å². The predicted molar refractivity (Wildman–Crippen MR) is 99.7 cm³/mol. The zero-order valence-electron chi connectivity index (χ0n) is 15.3. The number of hydrogen-bond donors (Lipinski definition) is 1. The number of halogens is 2. The van der Waals surface area contributed by atoms with Crippen LogP contribution in [0.25, 0.3) is 0 Å². The summed E-state index contributed by atoms with van der Waals surface area (Å²) in [6.45, 7) is 6.90. The Bertz CT molecular complexity index is 837. The van der Waals surface area contributed by atoms with Crippen molar-refractivity contribution >= 4 is 23.4 Å². The SMILES string of the molecule is CC(C)(C)OC(N)=O.Cc1cccc(Oc2ccc(F)c(Cl)c2)c1[N+](=O)[O-]. The molecule has 0 fully saturated rings. The monoisotopic (exact) mass is 398 g/mol. The number of ether oxygens (including phenoxy) is 2. The Morgan fingerprint density at radius 2 is 1.89 bits per heavy atom. The molecule has 0 unspecified atom stereocenters. The summed E-state index contributed by atoms with van der Waals surface area (Å²) >= 11 is 5.62. The fourth-order valence-corrected chi connectivity index (χ4v) is 2.09. The molecule has 146 valence electrons. The third-order valence-corrected chi connectivity index (χ3v) is 3.20. The van der Waals surface area contributed by atoms with Gasteiger partial charge in [-0.1, -0.05) is 23.7 Å². The maximum Gasteiger partial charge on any atom is 0.405 e. The van der Waals surface area contributed by atoms with Crippen LogP contribution in [0.1, 0.15) is 26.3 Å². The van der Waals surface area contributed by atoms with Crippen molar-refractivity contribution in [3.63, 3.8) is 0 Å².